The second-order valence-electron chi connectivity index (χ2n) is 4.57. The Bertz CT molecular complexity index is 389. The van der Waals surface area contributed by atoms with Gasteiger partial charge in [0, 0.05) is 18.9 Å². The number of nitrogens with one attached hydrogen (secondary N) is 2. The molecule has 1 aliphatic carbocycles. The molecular formula is C12H19N3O2. The molecule has 0 spiro atoms. The summed E-state index contributed by atoms with van der Waals surface area (Å²) in [5.41, 5.74) is 0.495. The third kappa shape index (κ3) is 2.85. The molecule has 0 radical (unpaired) electrons. The van der Waals surface area contributed by atoms with Crippen LogP contribution in [0.4, 0.5) is 0 Å². The number of H-pyrrole nitrogens is 1. The summed E-state index contributed by atoms with van der Waals surface area (Å²) in [7, 11) is 0. The van der Waals surface area contributed by atoms with Crippen molar-refractivity contribution < 1.29 is 9.90 Å². The third-order valence-corrected chi connectivity index (χ3v) is 3.35. The Hall–Kier alpha value is -1.36. The van der Waals surface area contributed by atoms with E-state index in [-0.39, 0.29) is 17.9 Å². The molecule has 1 amide bonds. The van der Waals surface area contributed by atoms with Crippen molar-refractivity contribution in [2.24, 2.45) is 5.92 Å². The number of imidazole rings is 1. The number of amides is 1. The van der Waals surface area contributed by atoms with Crippen LogP contribution in [0, 0.1) is 5.92 Å². The van der Waals surface area contributed by atoms with Gasteiger partial charge in [-0.05, 0) is 12.8 Å². The van der Waals surface area contributed by atoms with Crippen molar-refractivity contribution in [3.05, 3.63) is 17.7 Å². The van der Waals surface area contributed by atoms with Crippen LogP contribution in [0.1, 0.15) is 42.5 Å². The van der Waals surface area contributed by atoms with Gasteiger partial charge in [0.25, 0.3) is 5.91 Å². The highest BCUT2D eigenvalue weighted by Gasteiger charge is 2.25. The second kappa shape index (κ2) is 5.31. The van der Waals surface area contributed by atoms with Gasteiger partial charge in [-0.2, -0.15) is 0 Å². The van der Waals surface area contributed by atoms with Gasteiger partial charge in [-0.3, -0.25) is 4.79 Å². The molecule has 94 valence electrons. The monoisotopic (exact) mass is 237 g/mol. The van der Waals surface area contributed by atoms with Crippen LogP contribution in [0.5, 0.6) is 0 Å². The minimum absolute atomic E-state index is 0.142. The van der Waals surface area contributed by atoms with Gasteiger partial charge in [0.1, 0.15) is 11.5 Å². The number of hydrogen-bond donors (Lipinski definition) is 3. The highest BCUT2D eigenvalue weighted by molar-refractivity contribution is 5.92. The predicted molar refractivity (Wildman–Crippen MR) is 63.6 cm³/mol. The van der Waals surface area contributed by atoms with Crippen LogP contribution in [-0.2, 0) is 6.42 Å². The number of aromatic amines is 1. The number of aryl methyl sites for hydroxylation is 1. The van der Waals surface area contributed by atoms with Crippen molar-refractivity contribution in [1.82, 2.24) is 15.3 Å². The van der Waals surface area contributed by atoms with Gasteiger partial charge >= 0.3 is 0 Å². The molecule has 5 heteroatoms. The number of hydrogen-bond acceptors (Lipinski definition) is 3. The molecule has 0 aliphatic heterocycles. The van der Waals surface area contributed by atoms with E-state index in [1.165, 1.54) is 0 Å². The largest absolute Gasteiger partial charge is 0.393 e. The molecule has 1 heterocycles. The van der Waals surface area contributed by atoms with Crippen LogP contribution in [0.25, 0.3) is 0 Å². The molecule has 3 N–H and O–H groups in total. The van der Waals surface area contributed by atoms with Gasteiger partial charge in [0.15, 0.2) is 0 Å². The molecule has 2 atom stereocenters. The van der Waals surface area contributed by atoms with E-state index in [0.29, 0.717) is 12.2 Å². The summed E-state index contributed by atoms with van der Waals surface area (Å²) in [5.74, 6) is 0.875. The molecule has 2 unspecified atom stereocenters. The highest BCUT2D eigenvalue weighted by Crippen LogP contribution is 2.24. The first kappa shape index (κ1) is 12.1. The normalized spacial score (nSPS) is 23.9. The fraction of sp³-hybridized carbons (Fsp3) is 0.667. The molecule has 1 fully saturated rings. The molecule has 0 saturated heterocycles. The zero-order chi connectivity index (χ0) is 12.3. The summed E-state index contributed by atoms with van der Waals surface area (Å²) < 4.78 is 0. The summed E-state index contributed by atoms with van der Waals surface area (Å²) in [6, 6.07) is 0. The molecule has 1 aromatic heterocycles. The van der Waals surface area contributed by atoms with Crippen molar-refractivity contribution >= 4 is 5.91 Å². The molecule has 2 rings (SSSR count). The first-order valence-electron chi connectivity index (χ1n) is 6.21. The van der Waals surface area contributed by atoms with E-state index in [0.717, 1.165) is 31.5 Å². The number of carbonyl (C=O) groups is 1. The Morgan fingerprint density at radius 3 is 3.06 bits per heavy atom. The maximum Gasteiger partial charge on any atom is 0.269 e. The van der Waals surface area contributed by atoms with E-state index in [4.69, 9.17) is 0 Å². The Morgan fingerprint density at radius 2 is 2.47 bits per heavy atom. The van der Waals surface area contributed by atoms with Crippen LogP contribution in [0.15, 0.2) is 6.20 Å². The number of aromatic nitrogens is 2. The fourth-order valence-electron chi connectivity index (χ4n) is 2.23. The Kier molecular flexibility index (Phi) is 3.78. The minimum atomic E-state index is -0.261. The maximum absolute atomic E-state index is 11.8. The number of aliphatic hydroxyl groups excluding tert-OH is 1. The third-order valence-electron chi connectivity index (χ3n) is 3.35. The zero-order valence-electron chi connectivity index (χ0n) is 10.1. The molecule has 1 aromatic rings. The molecular weight excluding hydrogens is 218 g/mol. The SMILES string of the molecule is CCc1ncc(C(=O)NCC2CCCC2O)[nH]1. The van der Waals surface area contributed by atoms with Crippen molar-refractivity contribution in [2.45, 2.75) is 38.7 Å². The second-order valence-corrected chi connectivity index (χ2v) is 4.57. The topological polar surface area (TPSA) is 78.0 Å². The van der Waals surface area contributed by atoms with E-state index < -0.39 is 0 Å². The standard InChI is InChI=1S/C12H19N3O2/c1-2-11-13-7-9(15-11)12(17)14-6-8-4-3-5-10(8)16/h7-8,10,16H,2-6H2,1H3,(H,13,15)(H,14,17). The van der Waals surface area contributed by atoms with Gasteiger partial charge in [0.2, 0.25) is 0 Å². The summed E-state index contributed by atoms with van der Waals surface area (Å²) >= 11 is 0. The predicted octanol–water partition coefficient (Wildman–Crippen LogP) is 0.863. The van der Waals surface area contributed by atoms with E-state index in [2.05, 4.69) is 15.3 Å². The molecule has 1 aliphatic rings. The first-order chi connectivity index (χ1) is 8.20. The van der Waals surface area contributed by atoms with Crippen molar-refractivity contribution in [2.75, 3.05) is 6.54 Å². The molecule has 1 saturated carbocycles. The summed E-state index contributed by atoms with van der Waals surface area (Å²) in [5, 5.41) is 12.5. The van der Waals surface area contributed by atoms with E-state index >= 15 is 0 Å². The quantitative estimate of drug-likeness (QED) is 0.727. The van der Waals surface area contributed by atoms with E-state index in [1.54, 1.807) is 6.20 Å². The summed E-state index contributed by atoms with van der Waals surface area (Å²) in [6.07, 6.45) is 4.97. The van der Waals surface area contributed by atoms with Gasteiger partial charge in [-0.1, -0.05) is 13.3 Å². The van der Waals surface area contributed by atoms with Crippen molar-refractivity contribution in [1.29, 1.82) is 0 Å². The minimum Gasteiger partial charge on any atom is -0.393 e. The summed E-state index contributed by atoms with van der Waals surface area (Å²) in [4.78, 5) is 18.8. The van der Waals surface area contributed by atoms with Crippen LogP contribution in [0.2, 0.25) is 0 Å². The first-order valence-corrected chi connectivity index (χ1v) is 6.21. The Morgan fingerprint density at radius 1 is 1.65 bits per heavy atom. The maximum atomic E-state index is 11.8. The van der Waals surface area contributed by atoms with Crippen LogP contribution in [-0.4, -0.2) is 33.6 Å². The Balaban J connectivity index is 1.84. The van der Waals surface area contributed by atoms with Gasteiger partial charge in [0.05, 0.1) is 12.3 Å². The highest BCUT2D eigenvalue weighted by atomic mass is 16.3. The molecule has 5 nitrogen and oxygen atoms in total. The molecule has 0 bridgehead atoms. The number of aliphatic hydroxyl groups is 1. The lowest BCUT2D eigenvalue weighted by Gasteiger charge is -2.14. The lowest BCUT2D eigenvalue weighted by molar-refractivity contribution is 0.0912. The van der Waals surface area contributed by atoms with E-state index in [9.17, 15) is 9.90 Å². The average Bonchev–Trinajstić information content (AvgIpc) is 2.94. The van der Waals surface area contributed by atoms with Crippen LogP contribution < -0.4 is 5.32 Å². The molecule has 0 aromatic carbocycles. The van der Waals surface area contributed by atoms with Crippen molar-refractivity contribution in [3.63, 3.8) is 0 Å². The zero-order valence-corrected chi connectivity index (χ0v) is 10.1. The fourth-order valence-corrected chi connectivity index (χ4v) is 2.23. The van der Waals surface area contributed by atoms with Gasteiger partial charge < -0.3 is 15.4 Å². The van der Waals surface area contributed by atoms with Gasteiger partial charge in [-0.15, -0.1) is 0 Å². The van der Waals surface area contributed by atoms with E-state index in [1.807, 2.05) is 6.92 Å². The van der Waals surface area contributed by atoms with Crippen molar-refractivity contribution in [3.8, 4) is 0 Å². The Labute approximate surface area is 101 Å². The lowest BCUT2D eigenvalue weighted by Crippen LogP contribution is -2.32. The molecule has 17 heavy (non-hydrogen) atoms. The smallest absolute Gasteiger partial charge is 0.269 e. The summed E-state index contributed by atoms with van der Waals surface area (Å²) in [6.45, 7) is 2.52. The van der Waals surface area contributed by atoms with Crippen LogP contribution in [0.3, 0.4) is 0 Å². The number of carbonyl (C=O) groups excluding carboxylic acids is 1. The van der Waals surface area contributed by atoms with Crippen LogP contribution >= 0.6 is 0 Å². The van der Waals surface area contributed by atoms with Gasteiger partial charge in [-0.25, -0.2) is 4.98 Å². The average molecular weight is 237 g/mol. The number of nitrogens with zero attached hydrogens (tertiary/aromatic N) is 1. The number of rotatable bonds is 4. The lowest BCUT2D eigenvalue weighted by atomic mass is 10.1.